The Balaban J connectivity index is 1.30. The van der Waals surface area contributed by atoms with Gasteiger partial charge in [-0.05, 0) is 31.2 Å². The van der Waals surface area contributed by atoms with Crippen molar-refractivity contribution in [3.05, 3.63) is 35.4 Å². The molecule has 3 fully saturated rings. The first-order valence-corrected chi connectivity index (χ1v) is 9.63. The minimum atomic E-state index is -0.948. The number of hydrogen-bond acceptors (Lipinski definition) is 3. The van der Waals surface area contributed by atoms with Gasteiger partial charge in [-0.25, -0.2) is 8.78 Å². The van der Waals surface area contributed by atoms with Crippen LogP contribution in [0.15, 0.2) is 18.2 Å². The zero-order valence-electron chi connectivity index (χ0n) is 15.1. The van der Waals surface area contributed by atoms with E-state index in [-0.39, 0.29) is 41.7 Å². The highest BCUT2D eigenvalue weighted by atomic mass is 19.2. The van der Waals surface area contributed by atoms with E-state index in [1.165, 1.54) is 12.1 Å². The number of carbonyl (C=O) groups excluding carboxylic acids is 2. The van der Waals surface area contributed by atoms with E-state index in [1.54, 1.807) is 4.90 Å². The van der Waals surface area contributed by atoms with E-state index in [9.17, 15) is 18.4 Å². The molecule has 2 aliphatic heterocycles. The Kier molecular flexibility index (Phi) is 5.12. The summed E-state index contributed by atoms with van der Waals surface area (Å²) in [6, 6.07) is 3.91. The minimum Gasteiger partial charge on any atom is -0.376 e. The molecule has 5 nitrogen and oxygen atoms in total. The van der Waals surface area contributed by atoms with Gasteiger partial charge < -0.3 is 15.0 Å². The highest BCUT2D eigenvalue weighted by Crippen LogP contribution is 2.35. The Morgan fingerprint density at radius 1 is 1.22 bits per heavy atom. The number of amides is 2. The lowest BCUT2D eigenvalue weighted by atomic mass is 9.84. The molecular weight excluding hydrogens is 354 g/mol. The summed E-state index contributed by atoms with van der Waals surface area (Å²) in [5, 5.41) is 2.98. The van der Waals surface area contributed by atoms with E-state index in [1.807, 2.05) is 0 Å². The number of halogens is 2. The summed E-state index contributed by atoms with van der Waals surface area (Å²) in [5.41, 5.74) is 0.0884. The van der Waals surface area contributed by atoms with Gasteiger partial charge in [-0.2, -0.15) is 0 Å². The molecule has 1 N–H and O–H groups in total. The van der Waals surface area contributed by atoms with Crippen molar-refractivity contribution in [1.82, 2.24) is 10.2 Å². The molecular formula is C20H24F2N2O3. The zero-order valence-corrected chi connectivity index (χ0v) is 15.1. The third-order valence-electron chi connectivity index (χ3n) is 5.95. The first-order chi connectivity index (χ1) is 13.0. The lowest BCUT2D eigenvalue weighted by Crippen LogP contribution is -2.46. The van der Waals surface area contributed by atoms with Gasteiger partial charge >= 0.3 is 0 Å². The summed E-state index contributed by atoms with van der Waals surface area (Å²) in [7, 11) is 0. The number of nitrogens with zero attached hydrogens (tertiary/aromatic N) is 1. The van der Waals surface area contributed by atoms with Gasteiger partial charge in [0.05, 0.1) is 19.1 Å². The Morgan fingerprint density at radius 2 is 2.04 bits per heavy atom. The van der Waals surface area contributed by atoms with E-state index < -0.39 is 11.6 Å². The maximum atomic E-state index is 13.8. The fourth-order valence-corrected chi connectivity index (χ4v) is 4.17. The Labute approximate surface area is 157 Å². The molecule has 0 spiro atoms. The number of fused-ring (bicyclic) bond motifs is 1. The monoisotopic (exact) mass is 378 g/mol. The van der Waals surface area contributed by atoms with Crippen LogP contribution in [-0.2, 0) is 20.7 Å². The topological polar surface area (TPSA) is 58.6 Å². The zero-order chi connectivity index (χ0) is 19.0. The van der Waals surface area contributed by atoms with Crippen molar-refractivity contribution in [2.45, 2.75) is 31.8 Å². The maximum absolute atomic E-state index is 13.8. The molecule has 2 amide bonds. The number of likely N-dealkylation sites (tertiary alicyclic amines) is 1. The van der Waals surface area contributed by atoms with Gasteiger partial charge in [0.25, 0.3) is 0 Å². The van der Waals surface area contributed by atoms with Crippen LogP contribution in [0, 0.1) is 29.4 Å². The van der Waals surface area contributed by atoms with E-state index in [4.69, 9.17) is 4.74 Å². The van der Waals surface area contributed by atoms with Crippen molar-refractivity contribution in [3.63, 3.8) is 0 Å². The van der Waals surface area contributed by atoms with Crippen LogP contribution < -0.4 is 5.32 Å². The fraction of sp³-hybridized carbons (Fsp3) is 0.600. The van der Waals surface area contributed by atoms with Crippen LogP contribution in [0.4, 0.5) is 8.78 Å². The molecule has 1 saturated carbocycles. The van der Waals surface area contributed by atoms with E-state index in [2.05, 4.69) is 5.32 Å². The lowest BCUT2D eigenvalue weighted by molar-refractivity contribution is -0.132. The van der Waals surface area contributed by atoms with Crippen molar-refractivity contribution in [3.8, 4) is 0 Å². The van der Waals surface area contributed by atoms with Crippen molar-refractivity contribution in [2.24, 2.45) is 17.8 Å². The summed E-state index contributed by atoms with van der Waals surface area (Å²) in [6.45, 7) is 2.23. The molecule has 2 heterocycles. The van der Waals surface area contributed by atoms with E-state index in [0.29, 0.717) is 32.2 Å². The number of nitrogens with one attached hydrogen (secondary N) is 1. The van der Waals surface area contributed by atoms with Crippen LogP contribution in [0.2, 0.25) is 0 Å². The number of benzene rings is 1. The molecule has 0 unspecified atom stereocenters. The second kappa shape index (κ2) is 7.54. The van der Waals surface area contributed by atoms with Gasteiger partial charge in [-0.1, -0.05) is 12.1 Å². The molecule has 7 heteroatoms. The second-order valence-corrected chi connectivity index (χ2v) is 7.83. The first kappa shape index (κ1) is 18.3. The molecule has 146 valence electrons. The number of piperidine rings is 1. The van der Waals surface area contributed by atoms with Gasteiger partial charge in [0.1, 0.15) is 0 Å². The summed E-state index contributed by atoms with van der Waals surface area (Å²) in [5.74, 6) is -1.22. The normalized spacial score (nSPS) is 27.3. The average molecular weight is 378 g/mol. The molecule has 1 aromatic rings. The van der Waals surface area contributed by atoms with Gasteiger partial charge in [-0.15, -0.1) is 0 Å². The van der Waals surface area contributed by atoms with Crippen LogP contribution in [-0.4, -0.2) is 49.1 Å². The lowest BCUT2D eigenvalue weighted by Gasteiger charge is -2.35. The van der Waals surface area contributed by atoms with E-state index in [0.717, 1.165) is 25.3 Å². The van der Waals surface area contributed by atoms with Crippen LogP contribution in [0.5, 0.6) is 0 Å². The summed E-state index contributed by atoms with van der Waals surface area (Å²) in [6.07, 6.45) is 2.61. The minimum absolute atomic E-state index is 0.00406. The van der Waals surface area contributed by atoms with Crippen LogP contribution >= 0.6 is 0 Å². The number of carbonyl (C=O) groups is 2. The predicted octanol–water partition coefficient (Wildman–Crippen LogP) is 1.90. The smallest absolute Gasteiger partial charge is 0.227 e. The van der Waals surface area contributed by atoms with Gasteiger partial charge in [0.2, 0.25) is 11.8 Å². The molecule has 3 atom stereocenters. The van der Waals surface area contributed by atoms with E-state index >= 15 is 0 Å². The second-order valence-electron chi connectivity index (χ2n) is 7.83. The van der Waals surface area contributed by atoms with Crippen LogP contribution in [0.3, 0.4) is 0 Å². The predicted molar refractivity (Wildman–Crippen MR) is 93.7 cm³/mol. The fourth-order valence-electron chi connectivity index (χ4n) is 4.17. The van der Waals surface area contributed by atoms with Gasteiger partial charge in [0.15, 0.2) is 11.6 Å². The number of rotatable bonds is 5. The largest absolute Gasteiger partial charge is 0.376 e. The van der Waals surface area contributed by atoms with Crippen LogP contribution in [0.1, 0.15) is 24.8 Å². The standard InChI is InChI=1S/C20H24F2N2O3/c21-16-3-1-2-13(19(16)22)8-18(25)24-7-6-15-14(10-24)11-27-17(15)9-23-20(26)12-4-5-12/h1-3,12,14-15,17H,4-11H2,(H,23,26)/t14-,15-,17+/m1/s1. The summed E-state index contributed by atoms with van der Waals surface area (Å²) in [4.78, 5) is 26.1. The molecule has 27 heavy (non-hydrogen) atoms. The third-order valence-corrected chi connectivity index (χ3v) is 5.95. The van der Waals surface area contributed by atoms with Crippen molar-refractivity contribution in [2.75, 3.05) is 26.2 Å². The molecule has 2 saturated heterocycles. The summed E-state index contributed by atoms with van der Waals surface area (Å²) < 4.78 is 33.0. The number of hydrogen-bond donors (Lipinski definition) is 1. The average Bonchev–Trinajstić information content (AvgIpc) is 3.44. The Hall–Kier alpha value is -2.02. The third kappa shape index (κ3) is 3.98. The van der Waals surface area contributed by atoms with Gasteiger partial charge in [-0.3, -0.25) is 9.59 Å². The Bertz CT molecular complexity index is 738. The van der Waals surface area contributed by atoms with Crippen molar-refractivity contribution < 1.29 is 23.1 Å². The first-order valence-electron chi connectivity index (χ1n) is 9.63. The highest BCUT2D eigenvalue weighted by molar-refractivity contribution is 5.80. The van der Waals surface area contributed by atoms with Crippen LogP contribution in [0.25, 0.3) is 0 Å². The molecule has 0 aromatic heterocycles. The number of ether oxygens (including phenoxy) is 1. The van der Waals surface area contributed by atoms with Gasteiger partial charge in [0, 0.05) is 37.0 Å². The molecule has 0 bridgehead atoms. The maximum Gasteiger partial charge on any atom is 0.227 e. The SMILES string of the molecule is O=C(NC[C@@H]1OC[C@H]2CN(C(=O)Cc3cccc(F)c3F)CC[C@H]21)C1CC1. The molecule has 3 aliphatic rings. The molecule has 1 aliphatic carbocycles. The molecule has 4 rings (SSSR count). The van der Waals surface area contributed by atoms with Crippen molar-refractivity contribution >= 4 is 11.8 Å². The summed E-state index contributed by atoms with van der Waals surface area (Å²) >= 11 is 0. The highest BCUT2D eigenvalue weighted by Gasteiger charge is 2.42. The Morgan fingerprint density at radius 3 is 2.81 bits per heavy atom. The quantitative estimate of drug-likeness (QED) is 0.851. The molecule has 0 radical (unpaired) electrons. The van der Waals surface area contributed by atoms with Crippen molar-refractivity contribution in [1.29, 1.82) is 0 Å². The molecule has 1 aromatic carbocycles.